The van der Waals surface area contributed by atoms with Crippen LogP contribution in [0.3, 0.4) is 0 Å². The highest BCUT2D eigenvalue weighted by atomic mass is 127. The van der Waals surface area contributed by atoms with Gasteiger partial charge in [-0.05, 0) is 42.4 Å². The Morgan fingerprint density at radius 2 is 2.27 bits per heavy atom. The maximum Gasteiger partial charge on any atom is 0.194 e. The van der Waals surface area contributed by atoms with Gasteiger partial charge in [0.25, 0.3) is 0 Å². The van der Waals surface area contributed by atoms with Gasteiger partial charge in [-0.2, -0.15) is 4.39 Å². The number of rotatable bonds is 6. The van der Waals surface area contributed by atoms with E-state index in [0.717, 1.165) is 12.7 Å². The fourth-order valence-electron chi connectivity index (χ4n) is 3.98. The quantitative estimate of drug-likeness (QED) is 0.305. The number of hydrogen-bond donors (Lipinski definition) is 1. The molecule has 0 radical (unpaired) electrons. The van der Waals surface area contributed by atoms with Crippen LogP contribution < -0.4 is 0 Å². The summed E-state index contributed by atoms with van der Waals surface area (Å²) in [4.78, 5) is 0. The SMILES string of the molecule is CO[C@@H]1[C@H](O)CC[C@]2(CO2)[C@H]1[C@@]1(C)O[C@@H]1CCO/C=C(/F)I. The molecule has 1 aliphatic carbocycles. The standard InChI is InChI=1S/C15H22FIO5/c1-14(10(22-14)4-6-20-7-11(16)17)13-12(19-2)9(18)3-5-15(13)8-21-15/h7,9-10,12-13,18H,3-6,8H2,1-2H3/b11-7-/t9-,10-,12-,13-,14+,15+/m1/s1. The first-order chi connectivity index (χ1) is 10.4. The minimum absolute atomic E-state index is 0.00982. The van der Waals surface area contributed by atoms with E-state index in [1.54, 1.807) is 29.7 Å². The van der Waals surface area contributed by atoms with E-state index in [9.17, 15) is 9.50 Å². The largest absolute Gasteiger partial charge is 0.498 e. The van der Waals surface area contributed by atoms with E-state index in [0.29, 0.717) is 26.1 Å². The van der Waals surface area contributed by atoms with Gasteiger partial charge in [-0.25, -0.2) is 0 Å². The molecule has 2 aliphatic heterocycles. The van der Waals surface area contributed by atoms with Crippen LogP contribution in [-0.2, 0) is 18.9 Å². The minimum atomic E-state index is -0.487. The topological polar surface area (TPSA) is 63.8 Å². The second-order valence-corrected chi connectivity index (χ2v) is 7.53. The molecule has 0 amide bonds. The normalized spacial score (nSPS) is 47.6. The van der Waals surface area contributed by atoms with E-state index in [1.807, 2.05) is 6.92 Å². The number of methoxy groups -OCH3 is 1. The van der Waals surface area contributed by atoms with E-state index in [4.69, 9.17) is 18.9 Å². The fraction of sp³-hybridized carbons (Fsp3) is 0.867. The first-order valence-corrected chi connectivity index (χ1v) is 8.66. The van der Waals surface area contributed by atoms with Gasteiger partial charge in [0.05, 0.1) is 43.0 Å². The Morgan fingerprint density at radius 1 is 1.55 bits per heavy atom. The van der Waals surface area contributed by atoms with Gasteiger partial charge in [-0.3, -0.25) is 0 Å². The van der Waals surface area contributed by atoms with Crippen LogP contribution in [0.4, 0.5) is 4.39 Å². The van der Waals surface area contributed by atoms with Crippen LogP contribution in [0.15, 0.2) is 10.1 Å². The highest BCUT2D eigenvalue weighted by molar-refractivity contribution is 14.1. The van der Waals surface area contributed by atoms with Gasteiger partial charge in [0.15, 0.2) is 3.83 Å². The molecule has 3 aliphatic rings. The van der Waals surface area contributed by atoms with Gasteiger partial charge in [0.2, 0.25) is 0 Å². The molecule has 0 aromatic carbocycles. The molecule has 2 saturated heterocycles. The molecule has 126 valence electrons. The molecule has 22 heavy (non-hydrogen) atoms. The van der Waals surface area contributed by atoms with Crippen molar-refractivity contribution in [3.8, 4) is 0 Å². The van der Waals surface area contributed by atoms with E-state index in [-0.39, 0.29) is 33.2 Å². The van der Waals surface area contributed by atoms with Crippen LogP contribution in [0.2, 0.25) is 0 Å². The smallest absolute Gasteiger partial charge is 0.194 e. The molecule has 0 unspecified atom stereocenters. The Balaban J connectivity index is 1.63. The van der Waals surface area contributed by atoms with Crippen molar-refractivity contribution in [2.75, 3.05) is 20.3 Å². The monoisotopic (exact) mass is 428 g/mol. The zero-order valence-corrected chi connectivity index (χ0v) is 14.9. The molecule has 3 fully saturated rings. The third kappa shape index (κ3) is 3.02. The second-order valence-electron chi connectivity index (χ2n) is 6.49. The summed E-state index contributed by atoms with van der Waals surface area (Å²) in [6, 6.07) is 0. The van der Waals surface area contributed by atoms with E-state index >= 15 is 0 Å². The summed E-state index contributed by atoms with van der Waals surface area (Å²) in [7, 11) is 1.63. The van der Waals surface area contributed by atoms with E-state index in [1.165, 1.54) is 0 Å². The van der Waals surface area contributed by atoms with Gasteiger partial charge in [-0.1, -0.05) is 0 Å². The molecule has 0 bridgehead atoms. The summed E-state index contributed by atoms with van der Waals surface area (Å²) in [5.41, 5.74) is -0.590. The average molecular weight is 428 g/mol. The summed E-state index contributed by atoms with van der Waals surface area (Å²) in [5, 5.41) is 10.2. The number of epoxide rings is 2. The van der Waals surface area contributed by atoms with Crippen molar-refractivity contribution < 1.29 is 28.4 Å². The van der Waals surface area contributed by atoms with Crippen molar-refractivity contribution in [2.45, 2.75) is 55.7 Å². The molecule has 1 N–H and O–H groups in total. The van der Waals surface area contributed by atoms with Crippen LogP contribution in [0.25, 0.3) is 0 Å². The van der Waals surface area contributed by atoms with E-state index < -0.39 is 6.10 Å². The first kappa shape index (κ1) is 16.9. The zero-order valence-electron chi connectivity index (χ0n) is 12.8. The Labute approximate surface area is 143 Å². The molecule has 1 saturated carbocycles. The molecule has 6 atom stereocenters. The molecule has 0 aromatic heterocycles. The number of ether oxygens (including phenoxy) is 4. The molecule has 7 heteroatoms. The number of aliphatic hydroxyl groups excluding tert-OH is 1. The maximum atomic E-state index is 12.6. The van der Waals surface area contributed by atoms with Crippen LogP contribution >= 0.6 is 22.6 Å². The highest BCUT2D eigenvalue weighted by Crippen LogP contribution is 2.59. The van der Waals surface area contributed by atoms with Crippen molar-refractivity contribution in [3.63, 3.8) is 0 Å². The Bertz CT molecular complexity index is 451. The Morgan fingerprint density at radius 3 is 2.86 bits per heavy atom. The Kier molecular flexibility index (Phi) is 4.73. The van der Waals surface area contributed by atoms with Crippen molar-refractivity contribution in [1.29, 1.82) is 0 Å². The second kappa shape index (κ2) is 6.16. The molecule has 5 nitrogen and oxygen atoms in total. The maximum absolute atomic E-state index is 12.6. The Hall–Kier alpha value is 0.0400. The van der Waals surface area contributed by atoms with Gasteiger partial charge in [0, 0.05) is 13.5 Å². The molecule has 3 rings (SSSR count). The highest BCUT2D eigenvalue weighted by Gasteiger charge is 2.71. The van der Waals surface area contributed by atoms with Crippen LogP contribution in [0, 0.1) is 5.92 Å². The number of aliphatic hydroxyl groups is 1. The number of hydrogen-bond acceptors (Lipinski definition) is 5. The third-order valence-electron chi connectivity index (χ3n) is 5.19. The van der Waals surface area contributed by atoms with Crippen molar-refractivity contribution in [2.24, 2.45) is 5.92 Å². The molecule has 0 aromatic rings. The van der Waals surface area contributed by atoms with Crippen molar-refractivity contribution in [3.05, 3.63) is 10.1 Å². The van der Waals surface area contributed by atoms with Gasteiger partial charge in [0.1, 0.15) is 11.9 Å². The fourth-order valence-corrected chi connectivity index (χ4v) is 4.16. The summed E-state index contributed by atoms with van der Waals surface area (Å²) in [6.07, 6.45) is 2.57. The zero-order chi connectivity index (χ0) is 16.0. The summed E-state index contributed by atoms with van der Waals surface area (Å²) in [6.45, 7) is 3.15. The number of halogens is 2. The summed E-state index contributed by atoms with van der Waals surface area (Å²) in [5.74, 6) is 0.00982. The van der Waals surface area contributed by atoms with E-state index in [2.05, 4.69) is 0 Å². The van der Waals surface area contributed by atoms with Crippen LogP contribution in [0.5, 0.6) is 0 Å². The lowest BCUT2D eigenvalue weighted by molar-refractivity contribution is -0.116. The molecular weight excluding hydrogens is 406 g/mol. The average Bonchev–Trinajstić information content (AvgIpc) is 3.36. The molecule has 1 spiro atoms. The third-order valence-corrected chi connectivity index (χ3v) is 5.45. The molecule has 2 heterocycles. The summed E-state index contributed by atoms with van der Waals surface area (Å²) < 4.78 is 34.6. The van der Waals surface area contributed by atoms with Crippen LogP contribution in [-0.4, -0.2) is 54.9 Å². The minimum Gasteiger partial charge on any atom is -0.498 e. The van der Waals surface area contributed by atoms with Gasteiger partial charge >= 0.3 is 0 Å². The lowest BCUT2D eigenvalue weighted by atomic mass is 9.68. The van der Waals surface area contributed by atoms with Crippen molar-refractivity contribution in [1.82, 2.24) is 0 Å². The lowest BCUT2D eigenvalue weighted by Gasteiger charge is -2.41. The predicted molar refractivity (Wildman–Crippen MR) is 85.3 cm³/mol. The van der Waals surface area contributed by atoms with Gasteiger partial charge in [-0.15, -0.1) is 0 Å². The molecular formula is C15H22FIO5. The predicted octanol–water partition coefficient (Wildman–Crippen LogP) is 2.31. The van der Waals surface area contributed by atoms with Crippen LogP contribution in [0.1, 0.15) is 26.2 Å². The first-order valence-electron chi connectivity index (χ1n) is 7.58. The van der Waals surface area contributed by atoms with Crippen molar-refractivity contribution >= 4 is 22.6 Å². The summed E-state index contributed by atoms with van der Waals surface area (Å²) >= 11 is 1.56. The van der Waals surface area contributed by atoms with Gasteiger partial charge < -0.3 is 24.1 Å². The lowest BCUT2D eigenvalue weighted by Crippen LogP contribution is -2.54.